The summed E-state index contributed by atoms with van der Waals surface area (Å²) in [6.45, 7) is 4.65. The number of oxime groups is 1. The number of aromatic nitrogens is 3. The molecule has 0 amide bonds. The maximum Gasteiger partial charge on any atom is 0.232 e. The van der Waals surface area contributed by atoms with Crippen molar-refractivity contribution in [1.82, 2.24) is 15.0 Å². The highest BCUT2D eigenvalue weighted by atomic mass is 16.6. The minimum Gasteiger partial charge on any atom is -0.493 e. The van der Waals surface area contributed by atoms with Gasteiger partial charge in [0.2, 0.25) is 11.9 Å². The highest BCUT2D eigenvalue weighted by molar-refractivity contribution is 5.83. The van der Waals surface area contributed by atoms with Crippen molar-refractivity contribution < 1.29 is 9.57 Å². The quantitative estimate of drug-likeness (QED) is 0.422. The van der Waals surface area contributed by atoms with Crippen molar-refractivity contribution in [2.45, 2.75) is 26.9 Å². The third-order valence-corrected chi connectivity index (χ3v) is 4.02. The van der Waals surface area contributed by atoms with Crippen molar-refractivity contribution in [2.75, 3.05) is 17.7 Å². The van der Waals surface area contributed by atoms with Gasteiger partial charge in [0.1, 0.15) is 5.75 Å². The van der Waals surface area contributed by atoms with Crippen LogP contribution in [-0.2, 0) is 17.9 Å². The van der Waals surface area contributed by atoms with Crippen molar-refractivity contribution in [3.63, 3.8) is 0 Å². The average Bonchev–Trinajstić information content (AvgIpc) is 2.72. The Morgan fingerprint density at radius 3 is 2.66 bits per heavy atom. The Morgan fingerprint density at radius 2 is 1.83 bits per heavy atom. The Balaban J connectivity index is 1.66. The van der Waals surface area contributed by atoms with Gasteiger partial charge in [0.25, 0.3) is 0 Å². The van der Waals surface area contributed by atoms with Crippen molar-refractivity contribution >= 4 is 23.8 Å². The SMILES string of the molecule is CCOc1ccccc1/C=N/OCc1nc(N)nc(Nc2ccccc2CC)n1. The summed E-state index contributed by atoms with van der Waals surface area (Å²) in [5, 5.41) is 7.17. The third kappa shape index (κ3) is 5.65. The molecule has 0 spiro atoms. The molecule has 0 aliphatic rings. The fourth-order valence-corrected chi connectivity index (χ4v) is 2.69. The van der Waals surface area contributed by atoms with E-state index in [4.69, 9.17) is 15.3 Å². The van der Waals surface area contributed by atoms with Gasteiger partial charge >= 0.3 is 0 Å². The van der Waals surface area contributed by atoms with Crippen LogP contribution < -0.4 is 15.8 Å². The molecule has 0 atom stereocenters. The van der Waals surface area contributed by atoms with Crippen molar-refractivity contribution in [1.29, 1.82) is 0 Å². The molecule has 0 fully saturated rings. The Morgan fingerprint density at radius 1 is 1.03 bits per heavy atom. The molecule has 29 heavy (non-hydrogen) atoms. The summed E-state index contributed by atoms with van der Waals surface area (Å²) >= 11 is 0. The zero-order valence-corrected chi connectivity index (χ0v) is 16.5. The molecule has 0 aliphatic carbocycles. The minimum atomic E-state index is 0.0596. The number of aryl methyl sites for hydroxylation is 1. The van der Waals surface area contributed by atoms with Crippen LogP contribution in [0.2, 0.25) is 0 Å². The van der Waals surface area contributed by atoms with Gasteiger partial charge in [-0.15, -0.1) is 0 Å². The summed E-state index contributed by atoms with van der Waals surface area (Å²) in [6.07, 6.45) is 2.48. The van der Waals surface area contributed by atoms with E-state index in [9.17, 15) is 0 Å². The normalized spacial score (nSPS) is 10.8. The van der Waals surface area contributed by atoms with Crippen LogP contribution >= 0.6 is 0 Å². The van der Waals surface area contributed by atoms with E-state index in [1.807, 2.05) is 55.5 Å². The molecule has 0 bridgehead atoms. The van der Waals surface area contributed by atoms with Crippen LogP contribution in [0.25, 0.3) is 0 Å². The fourth-order valence-electron chi connectivity index (χ4n) is 2.69. The molecule has 1 aromatic heterocycles. The van der Waals surface area contributed by atoms with E-state index in [1.165, 1.54) is 0 Å². The van der Waals surface area contributed by atoms with Gasteiger partial charge in [-0.2, -0.15) is 15.0 Å². The molecule has 3 rings (SSSR count). The van der Waals surface area contributed by atoms with Crippen LogP contribution in [0.3, 0.4) is 0 Å². The maximum absolute atomic E-state index is 5.82. The van der Waals surface area contributed by atoms with Crippen LogP contribution in [-0.4, -0.2) is 27.8 Å². The first-order valence-electron chi connectivity index (χ1n) is 9.42. The first kappa shape index (κ1) is 20.1. The highest BCUT2D eigenvalue weighted by Crippen LogP contribution is 2.19. The van der Waals surface area contributed by atoms with E-state index >= 15 is 0 Å². The molecule has 0 radical (unpaired) electrons. The summed E-state index contributed by atoms with van der Waals surface area (Å²) in [6, 6.07) is 15.5. The molecule has 150 valence electrons. The zero-order valence-electron chi connectivity index (χ0n) is 16.5. The molecule has 0 saturated heterocycles. The van der Waals surface area contributed by atoms with Crippen molar-refractivity contribution in [2.24, 2.45) is 5.16 Å². The second kappa shape index (κ2) is 10.0. The Labute approximate surface area is 169 Å². The summed E-state index contributed by atoms with van der Waals surface area (Å²) in [4.78, 5) is 17.9. The van der Waals surface area contributed by atoms with E-state index in [-0.39, 0.29) is 12.6 Å². The maximum atomic E-state index is 5.82. The largest absolute Gasteiger partial charge is 0.493 e. The van der Waals surface area contributed by atoms with Crippen molar-refractivity contribution in [3.05, 3.63) is 65.5 Å². The predicted molar refractivity (Wildman–Crippen MR) is 113 cm³/mol. The van der Waals surface area contributed by atoms with Gasteiger partial charge in [-0.1, -0.05) is 42.4 Å². The summed E-state index contributed by atoms with van der Waals surface area (Å²) in [5.74, 6) is 1.60. The highest BCUT2D eigenvalue weighted by Gasteiger charge is 2.07. The molecule has 0 unspecified atom stereocenters. The van der Waals surface area contributed by atoms with E-state index in [2.05, 4.69) is 32.3 Å². The number of rotatable bonds is 9. The summed E-state index contributed by atoms with van der Waals surface area (Å²) in [7, 11) is 0. The number of anilines is 3. The predicted octanol–water partition coefficient (Wildman–Crippen LogP) is 3.71. The molecule has 3 aromatic rings. The van der Waals surface area contributed by atoms with Crippen LogP contribution in [0.4, 0.5) is 17.6 Å². The Bertz CT molecular complexity index is 977. The van der Waals surface area contributed by atoms with Gasteiger partial charge in [0.15, 0.2) is 12.4 Å². The number of hydrogen-bond donors (Lipinski definition) is 2. The van der Waals surface area contributed by atoms with Gasteiger partial charge in [0.05, 0.1) is 12.8 Å². The number of nitrogens with two attached hydrogens (primary N) is 1. The number of nitrogens with one attached hydrogen (secondary N) is 1. The average molecular weight is 392 g/mol. The van der Waals surface area contributed by atoms with E-state index in [0.717, 1.165) is 29.0 Å². The number of ether oxygens (including phenoxy) is 1. The Hall–Kier alpha value is -3.68. The zero-order chi connectivity index (χ0) is 20.5. The van der Waals surface area contributed by atoms with Gasteiger partial charge in [0, 0.05) is 11.3 Å². The first-order valence-corrected chi connectivity index (χ1v) is 9.42. The van der Waals surface area contributed by atoms with Crippen molar-refractivity contribution in [3.8, 4) is 5.75 Å². The van der Waals surface area contributed by atoms with E-state index in [1.54, 1.807) is 6.21 Å². The van der Waals surface area contributed by atoms with E-state index < -0.39 is 0 Å². The van der Waals surface area contributed by atoms with Gasteiger partial charge in [-0.25, -0.2) is 0 Å². The monoisotopic (exact) mass is 392 g/mol. The second-order valence-electron chi connectivity index (χ2n) is 6.05. The lowest BCUT2D eigenvalue weighted by molar-refractivity contribution is 0.126. The third-order valence-electron chi connectivity index (χ3n) is 4.02. The number of para-hydroxylation sites is 2. The van der Waals surface area contributed by atoms with Crippen LogP contribution in [0, 0.1) is 0 Å². The number of benzene rings is 2. The molecular formula is C21H24N6O2. The second-order valence-corrected chi connectivity index (χ2v) is 6.05. The smallest absolute Gasteiger partial charge is 0.232 e. The minimum absolute atomic E-state index is 0.0596. The molecule has 3 N–H and O–H groups in total. The summed E-state index contributed by atoms with van der Waals surface area (Å²) < 4.78 is 5.55. The Kier molecular flexibility index (Phi) is 6.94. The molecular weight excluding hydrogens is 368 g/mol. The molecule has 8 nitrogen and oxygen atoms in total. The van der Waals surface area contributed by atoms with E-state index in [0.29, 0.717) is 18.4 Å². The lowest BCUT2D eigenvalue weighted by Crippen LogP contribution is -2.08. The topological polar surface area (TPSA) is 108 Å². The lowest BCUT2D eigenvalue weighted by atomic mass is 10.1. The number of nitrogens with zero attached hydrogens (tertiary/aromatic N) is 4. The molecule has 2 aromatic carbocycles. The lowest BCUT2D eigenvalue weighted by Gasteiger charge is -2.10. The fraction of sp³-hybridized carbons (Fsp3) is 0.238. The standard InChI is InChI=1S/C21H24N6O2/c1-3-15-9-5-7-11-17(15)24-21-26-19(25-20(22)27-21)14-29-23-13-16-10-6-8-12-18(16)28-4-2/h5-13H,3-4,14H2,1-2H3,(H3,22,24,25,26,27)/b23-13+. The first-order chi connectivity index (χ1) is 14.2. The van der Waals surface area contributed by atoms with Crippen LogP contribution in [0.15, 0.2) is 53.7 Å². The van der Waals surface area contributed by atoms with Crippen LogP contribution in [0.1, 0.15) is 30.8 Å². The van der Waals surface area contributed by atoms with Gasteiger partial charge in [-0.05, 0) is 37.1 Å². The van der Waals surface area contributed by atoms with Gasteiger partial charge < -0.3 is 20.6 Å². The number of nitrogen functional groups attached to an aromatic ring is 1. The number of hydrogen-bond acceptors (Lipinski definition) is 8. The van der Waals surface area contributed by atoms with Crippen LogP contribution in [0.5, 0.6) is 5.75 Å². The molecule has 0 aliphatic heterocycles. The van der Waals surface area contributed by atoms with Gasteiger partial charge in [-0.3, -0.25) is 0 Å². The molecule has 1 heterocycles. The summed E-state index contributed by atoms with van der Waals surface area (Å²) in [5.41, 5.74) is 8.72. The molecule has 8 heteroatoms. The molecule has 0 saturated carbocycles.